The molecule has 4 rings (SSSR count). The molecule has 0 amide bonds. The fourth-order valence-electron chi connectivity index (χ4n) is 3.19. The van der Waals surface area contributed by atoms with Gasteiger partial charge in [0.1, 0.15) is 17.8 Å². The van der Waals surface area contributed by atoms with Crippen LogP contribution in [-0.2, 0) is 6.54 Å². The van der Waals surface area contributed by atoms with Gasteiger partial charge in [-0.3, -0.25) is 0 Å². The number of aromatic nitrogens is 3. The van der Waals surface area contributed by atoms with Gasteiger partial charge < -0.3 is 10.3 Å². The molecule has 26 heavy (non-hydrogen) atoms. The first kappa shape index (κ1) is 16.1. The van der Waals surface area contributed by atoms with Crippen LogP contribution < -0.4 is 5.73 Å². The van der Waals surface area contributed by atoms with Crippen molar-refractivity contribution in [2.24, 2.45) is 0 Å². The van der Waals surface area contributed by atoms with Gasteiger partial charge in [-0.2, -0.15) is 0 Å². The molecule has 2 aromatic heterocycles. The molecule has 2 aromatic carbocycles. The first-order valence-electron chi connectivity index (χ1n) is 8.69. The smallest absolute Gasteiger partial charge is 0.145 e. The van der Waals surface area contributed by atoms with Gasteiger partial charge in [-0.1, -0.05) is 66.7 Å². The third kappa shape index (κ3) is 3.22. The van der Waals surface area contributed by atoms with E-state index in [4.69, 9.17) is 5.73 Å². The van der Waals surface area contributed by atoms with E-state index in [0.717, 1.165) is 24.0 Å². The van der Waals surface area contributed by atoms with Gasteiger partial charge in [0.05, 0.1) is 5.39 Å². The maximum Gasteiger partial charge on any atom is 0.145 e. The number of nitrogens with two attached hydrogens (primary N) is 1. The molecule has 0 spiro atoms. The van der Waals surface area contributed by atoms with Crippen LogP contribution in [0.1, 0.15) is 17.5 Å². The van der Waals surface area contributed by atoms with Gasteiger partial charge in [-0.05, 0) is 29.2 Å². The van der Waals surface area contributed by atoms with Gasteiger partial charge in [0.2, 0.25) is 0 Å². The average molecular weight is 340 g/mol. The quantitative estimate of drug-likeness (QED) is 0.580. The molecule has 0 saturated carbocycles. The van der Waals surface area contributed by atoms with Crippen molar-refractivity contribution in [2.75, 3.05) is 5.73 Å². The number of allylic oxidation sites excluding steroid dienone is 1. The van der Waals surface area contributed by atoms with Crippen molar-refractivity contribution in [3.05, 3.63) is 96.5 Å². The van der Waals surface area contributed by atoms with E-state index >= 15 is 0 Å². The molecule has 0 fully saturated rings. The summed E-state index contributed by atoms with van der Waals surface area (Å²) in [5.41, 5.74) is 10.5. The molecule has 0 aliphatic rings. The fourth-order valence-corrected chi connectivity index (χ4v) is 3.19. The number of hydrogen-bond donors (Lipinski definition) is 1. The molecule has 0 atom stereocenters. The zero-order valence-electron chi connectivity index (χ0n) is 14.4. The van der Waals surface area contributed by atoms with Gasteiger partial charge in [0.25, 0.3) is 0 Å². The number of aryl methyl sites for hydroxylation is 1. The summed E-state index contributed by atoms with van der Waals surface area (Å²) in [6.45, 7) is 0.836. The van der Waals surface area contributed by atoms with Gasteiger partial charge in [-0.15, -0.1) is 0 Å². The van der Waals surface area contributed by atoms with E-state index < -0.39 is 0 Å². The van der Waals surface area contributed by atoms with Crippen molar-refractivity contribution in [3.63, 3.8) is 0 Å². The minimum absolute atomic E-state index is 0.526. The topological polar surface area (TPSA) is 56.7 Å². The predicted octanol–water partition coefficient (Wildman–Crippen LogP) is 4.54. The van der Waals surface area contributed by atoms with Crippen molar-refractivity contribution in [1.29, 1.82) is 0 Å². The number of nitrogen functional groups attached to an aromatic ring is 1. The summed E-state index contributed by atoms with van der Waals surface area (Å²) in [6, 6.07) is 23.0. The number of rotatable bonds is 5. The lowest BCUT2D eigenvalue weighted by Gasteiger charge is -2.09. The molecule has 2 N–H and O–H groups in total. The summed E-state index contributed by atoms with van der Waals surface area (Å²) < 4.78 is 2.12. The summed E-state index contributed by atoms with van der Waals surface area (Å²) in [7, 11) is 0. The Labute approximate surface area is 152 Å². The third-order valence-electron chi connectivity index (χ3n) is 4.47. The zero-order chi connectivity index (χ0) is 17.8. The minimum Gasteiger partial charge on any atom is -0.383 e. The Morgan fingerprint density at radius 1 is 0.885 bits per heavy atom. The Bertz CT molecular complexity index is 992. The normalized spacial score (nSPS) is 10.8. The summed E-state index contributed by atoms with van der Waals surface area (Å²) >= 11 is 0. The van der Waals surface area contributed by atoms with E-state index in [-0.39, 0.29) is 0 Å². The standard InChI is InChI=1S/C22H20N4/c23-21-20-13-15-26(22(20)25-16-24-21)14-7-12-19(17-8-3-1-4-9-17)18-10-5-2-6-11-18/h1-6,8-13,15-16H,7,14H2,(H2,23,24,25). The summed E-state index contributed by atoms with van der Waals surface area (Å²) in [5.74, 6) is 0.526. The second kappa shape index (κ2) is 7.23. The van der Waals surface area contributed by atoms with Crippen LogP contribution >= 0.6 is 0 Å². The maximum atomic E-state index is 5.92. The number of nitrogens with zero attached hydrogens (tertiary/aromatic N) is 3. The number of anilines is 1. The van der Waals surface area contributed by atoms with Crippen LogP contribution in [0, 0.1) is 0 Å². The Hall–Kier alpha value is -3.40. The van der Waals surface area contributed by atoms with E-state index in [1.807, 2.05) is 24.4 Å². The van der Waals surface area contributed by atoms with Crippen molar-refractivity contribution in [2.45, 2.75) is 13.0 Å². The molecule has 0 bridgehead atoms. The molecule has 0 unspecified atom stereocenters. The Balaban J connectivity index is 1.62. The first-order valence-corrected chi connectivity index (χ1v) is 8.69. The molecule has 4 aromatic rings. The fraction of sp³-hybridized carbons (Fsp3) is 0.0909. The van der Waals surface area contributed by atoms with Crippen LogP contribution in [0.25, 0.3) is 16.6 Å². The Morgan fingerprint density at radius 3 is 2.19 bits per heavy atom. The summed E-state index contributed by atoms with van der Waals surface area (Å²) in [5, 5.41) is 0.905. The van der Waals surface area contributed by atoms with Gasteiger partial charge in [0, 0.05) is 12.7 Å². The molecule has 128 valence electrons. The lowest BCUT2D eigenvalue weighted by molar-refractivity contribution is 0.731. The number of hydrogen-bond acceptors (Lipinski definition) is 3. The zero-order valence-corrected chi connectivity index (χ0v) is 14.4. The minimum atomic E-state index is 0.526. The van der Waals surface area contributed by atoms with E-state index in [1.54, 1.807) is 0 Å². The Kier molecular flexibility index (Phi) is 4.48. The molecule has 0 aliphatic carbocycles. The van der Waals surface area contributed by atoms with E-state index in [1.165, 1.54) is 23.0 Å². The highest BCUT2D eigenvalue weighted by Gasteiger charge is 2.07. The second-order valence-electron chi connectivity index (χ2n) is 6.14. The summed E-state index contributed by atoms with van der Waals surface area (Å²) in [6.07, 6.45) is 6.73. The van der Waals surface area contributed by atoms with Gasteiger partial charge in [-0.25, -0.2) is 9.97 Å². The van der Waals surface area contributed by atoms with Crippen LogP contribution in [0.5, 0.6) is 0 Å². The number of fused-ring (bicyclic) bond motifs is 1. The lowest BCUT2D eigenvalue weighted by atomic mass is 9.97. The van der Waals surface area contributed by atoms with Gasteiger partial charge >= 0.3 is 0 Å². The van der Waals surface area contributed by atoms with Crippen molar-refractivity contribution in [1.82, 2.24) is 14.5 Å². The molecule has 0 saturated heterocycles. The van der Waals surface area contributed by atoms with E-state index in [2.05, 4.69) is 69.1 Å². The lowest BCUT2D eigenvalue weighted by Crippen LogP contribution is -1.99. The highest BCUT2D eigenvalue weighted by molar-refractivity contribution is 5.86. The Morgan fingerprint density at radius 2 is 1.54 bits per heavy atom. The van der Waals surface area contributed by atoms with Crippen molar-refractivity contribution < 1.29 is 0 Å². The SMILES string of the molecule is Nc1ncnc2c1ccn2CCC=C(c1ccccc1)c1ccccc1. The maximum absolute atomic E-state index is 5.92. The molecular weight excluding hydrogens is 320 g/mol. The van der Waals surface area contributed by atoms with Crippen LogP contribution in [0.15, 0.2) is 85.3 Å². The third-order valence-corrected chi connectivity index (χ3v) is 4.47. The van der Waals surface area contributed by atoms with E-state index in [0.29, 0.717) is 5.82 Å². The van der Waals surface area contributed by atoms with Crippen LogP contribution in [0.3, 0.4) is 0 Å². The molecule has 4 heteroatoms. The largest absolute Gasteiger partial charge is 0.383 e. The molecule has 4 nitrogen and oxygen atoms in total. The van der Waals surface area contributed by atoms with Crippen molar-refractivity contribution >= 4 is 22.4 Å². The monoisotopic (exact) mass is 340 g/mol. The van der Waals surface area contributed by atoms with Gasteiger partial charge in [0.15, 0.2) is 0 Å². The number of benzene rings is 2. The highest BCUT2D eigenvalue weighted by atomic mass is 15.1. The summed E-state index contributed by atoms with van der Waals surface area (Å²) in [4.78, 5) is 8.42. The van der Waals surface area contributed by atoms with Crippen LogP contribution in [0.2, 0.25) is 0 Å². The second-order valence-corrected chi connectivity index (χ2v) is 6.14. The molecule has 2 heterocycles. The van der Waals surface area contributed by atoms with Crippen LogP contribution in [-0.4, -0.2) is 14.5 Å². The first-order chi connectivity index (χ1) is 12.8. The molecule has 0 aliphatic heterocycles. The highest BCUT2D eigenvalue weighted by Crippen LogP contribution is 2.24. The van der Waals surface area contributed by atoms with Crippen molar-refractivity contribution in [3.8, 4) is 0 Å². The molecular formula is C22H20N4. The van der Waals surface area contributed by atoms with Crippen LogP contribution in [0.4, 0.5) is 5.82 Å². The molecule has 0 radical (unpaired) electrons. The predicted molar refractivity (Wildman–Crippen MR) is 107 cm³/mol. The van der Waals surface area contributed by atoms with E-state index in [9.17, 15) is 0 Å². The average Bonchev–Trinajstić information content (AvgIpc) is 3.11.